The van der Waals surface area contributed by atoms with E-state index in [1.165, 1.54) is 0 Å². The third-order valence-corrected chi connectivity index (χ3v) is 2.69. The van der Waals surface area contributed by atoms with Gasteiger partial charge in [0.05, 0.1) is 13.2 Å². The van der Waals surface area contributed by atoms with Gasteiger partial charge in [-0.15, -0.1) is 0 Å². The van der Waals surface area contributed by atoms with Crippen LogP contribution in [0.5, 0.6) is 0 Å². The van der Waals surface area contributed by atoms with Gasteiger partial charge in [0.2, 0.25) is 10.4 Å². The van der Waals surface area contributed by atoms with Crippen LogP contribution in [-0.2, 0) is 9.47 Å². The highest BCUT2D eigenvalue weighted by Crippen LogP contribution is 2.30. The molecule has 6 heteroatoms. The SMILES string of the molecule is CCOC(Cl)=C(Cl)C(Cl)=C(Cl)OCC. The Balaban J connectivity index is 4.73. The van der Waals surface area contributed by atoms with E-state index in [0.29, 0.717) is 13.2 Å². The predicted molar refractivity (Wildman–Crippen MR) is 60.7 cm³/mol. The van der Waals surface area contributed by atoms with E-state index in [1.807, 2.05) is 0 Å². The van der Waals surface area contributed by atoms with Crippen molar-refractivity contribution in [2.75, 3.05) is 13.2 Å². The molecular formula is C8H10Cl4O2. The Morgan fingerprint density at radius 2 is 1.07 bits per heavy atom. The summed E-state index contributed by atoms with van der Waals surface area (Å²) in [6, 6.07) is 0. The molecule has 14 heavy (non-hydrogen) atoms. The molecule has 82 valence electrons. The molecule has 0 unspecified atom stereocenters. The maximum atomic E-state index is 5.76. The molecule has 0 rings (SSSR count). The van der Waals surface area contributed by atoms with E-state index >= 15 is 0 Å². The van der Waals surface area contributed by atoms with Crippen molar-refractivity contribution in [2.24, 2.45) is 0 Å². The van der Waals surface area contributed by atoms with Crippen molar-refractivity contribution in [3.8, 4) is 0 Å². The van der Waals surface area contributed by atoms with Gasteiger partial charge in [-0.05, 0) is 37.0 Å². The predicted octanol–water partition coefficient (Wildman–Crippen LogP) is 4.35. The van der Waals surface area contributed by atoms with Crippen molar-refractivity contribution in [2.45, 2.75) is 13.8 Å². The van der Waals surface area contributed by atoms with Crippen molar-refractivity contribution in [3.63, 3.8) is 0 Å². The van der Waals surface area contributed by atoms with Crippen molar-refractivity contribution >= 4 is 46.4 Å². The lowest BCUT2D eigenvalue weighted by molar-refractivity contribution is 0.249. The third kappa shape index (κ3) is 4.65. The van der Waals surface area contributed by atoms with Crippen molar-refractivity contribution in [1.82, 2.24) is 0 Å². The van der Waals surface area contributed by atoms with Crippen LogP contribution in [0.15, 0.2) is 20.5 Å². The third-order valence-electron chi connectivity index (χ3n) is 1.08. The number of rotatable bonds is 5. The first-order chi connectivity index (χ1) is 6.54. The monoisotopic (exact) mass is 278 g/mol. The van der Waals surface area contributed by atoms with Gasteiger partial charge in [-0.1, -0.05) is 23.2 Å². The second-order valence-electron chi connectivity index (χ2n) is 2.04. The highest BCUT2D eigenvalue weighted by Gasteiger charge is 2.12. The highest BCUT2D eigenvalue weighted by atomic mass is 35.5. The summed E-state index contributed by atoms with van der Waals surface area (Å²) in [7, 11) is 0. The number of ether oxygens (including phenoxy) is 2. The zero-order valence-corrected chi connectivity index (χ0v) is 10.8. The molecule has 0 bridgehead atoms. The summed E-state index contributed by atoms with van der Waals surface area (Å²) >= 11 is 22.8. The summed E-state index contributed by atoms with van der Waals surface area (Å²) in [6.45, 7) is 4.33. The van der Waals surface area contributed by atoms with Crippen LogP contribution in [0.2, 0.25) is 0 Å². The van der Waals surface area contributed by atoms with Crippen LogP contribution < -0.4 is 0 Å². The van der Waals surface area contributed by atoms with Crippen LogP contribution in [0, 0.1) is 0 Å². The molecule has 0 saturated carbocycles. The second kappa shape index (κ2) is 7.52. The lowest BCUT2D eigenvalue weighted by Gasteiger charge is -2.06. The fraction of sp³-hybridized carbons (Fsp3) is 0.500. The zero-order chi connectivity index (χ0) is 11.1. The van der Waals surface area contributed by atoms with Gasteiger partial charge in [0.15, 0.2) is 0 Å². The van der Waals surface area contributed by atoms with E-state index in [2.05, 4.69) is 0 Å². The normalized spacial score (nSPS) is 14.4. The Labute approximate surface area is 103 Å². The fourth-order valence-electron chi connectivity index (χ4n) is 0.553. The first kappa shape index (κ1) is 14.2. The molecule has 0 radical (unpaired) electrons. The minimum Gasteiger partial charge on any atom is -0.482 e. The smallest absolute Gasteiger partial charge is 0.207 e. The second-order valence-corrected chi connectivity index (χ2v) is 3.48. The minimum absolute atomic E-state index is 0.00276. The average Bonchev–Trinajstić information content (AvgIpc) is 2.16. The van der Waals surface area contributed by atoms with Gasteiger partial charge < -0.3 is 9.47 Å². The average molecular weight is 280 g/mol. The molecule has 0 N–H and O–H groups in total. The molecule has 0 saturated heterocycles. The van der Waals surface area contributed by atoms with Gasteiger partial charge in [-0.25, -0.2) is 0 Å². The Kier molecular flexibility index (Phi) is 7.65. The summed E-state index contributed by atoms with van der Waals surface area (Å²) < 4.78 is 9.87. The van der Waals surface area contributed by atoms with Crippen molar-refractivity contribution in [3.05, 3.63) is 20.5 Å². The van der Waals surface area contributed by atoms with Gasteiger partial charge >= 0.3 is 0 Å². The largest absolute Gasteiger partial charge is 0.482 e. The molecule has 0 aliphatic rings. The van der Waals surface area contributed by atoms with Gasteiger partial charge in [-0.3, -0.25) is 0 Å². The molecule has 0 aliphatic carbocycles. The first-order valence-corrected chi connectivity index (χ1v) is 5.42. The molecule has 0 amide bonds. The standard InChI is InChI=1S/C8H10Cl4O2/c1-3-13-7(11)5(9)6(10)8(12)14-4-2/h3-4H2,1-2H3. The van der Waals surface area contributed by atoms with E-state index in [-0.39, 0.29) is 20.5 Å². The summed E-state index contributed by atoms with van der Waals surface area (Å²) in [5.74, 6) is 0. The molecule has 2 nitrogen and oxygen atoms in total. The zero-order valence-electron chi connectivity index (χ0n) is 7.74. The maximum Gasteiger partial charge on any atom is 0.207 e. The van der Waals surface area contributed by atoms with Crippen LogP contribution >= 0.6 is 46.4 Å². The van der Waals surface area contributed by atoms with Crippen LogP contribution in [0.4, 0.5) is 0 Å². The van der Waals surface area contributed by atoms with E-state index in [0.717, 1.165) is 0 Å². The van der Waals surface area contributed by atoms with Gasteiger partial charge in [0.1, 0.15) is 10.1 Å². The summed E-state index contributed by atoms with van der Waals surface area (Å²) in [4.78, 5) is 0. The van der Waals surface area contributed by atoms with Gasteiger partial charge in [-0.2, -0.15) is 0 Å². The molecule has 0 heterocycles. The topological polar surface area (TPSA) is 18.5 Å². The number of hydrogen-bond donors (Lipinski definition) is 0. The van der Waals surface area contributed by atoms with Crippen LogP contribution in [-0.4, -0.2) is 13.2 Å². The van der Waals surface area contributed by atoms with Crippen LogP contribution in [0.1, 0.15) is 13.8 Å². The van der Waals surface area contributed by atoms with Crippen LogP contribution in [0.3, 0.4) is 0 Å². The molecule has 0 aromatic carbocycles. The quantitative estimate of drug-likeness (QED) is 0.550. The molecule has 0 spiro atoms. The number of halogens is 4. The van der Waals surface area contributed by atoms with E-state index in [9.17, 15) is 0 Å². The summed E-state index contributed by atoms with van der Waals surface area (Å²) in [6.07, 6.45) is 0. The molecule has 0 atom stereocenters. The Morgan fingerprint density at radius 3 is 1.29 bits per heavy atom. The van der Waals surface area contributed by atoms with E-state index in [1.54, 1.807) is 13.8 Å². The molecule has 0 fully saturated rings. The number of hydrogen-bond acceptors (Lipinski definition) is 2. The molecule has 0 aliphatic heterocycles. The Hall–Kier alpha value is 0.240. The van der Waals surface area contributed by atoms with Crippen LogP contribution in [0.25, 0.3) is 0 Å². The Morgan fingerprint density at radius 1 is 0.786 bits per heavy atom. The maximum absolute atomic E-state index is 5.76. The number of allylic oxidation sites excluding steroid dienone is 2. The highest BCUT2D eigenvalue weighted by molar-refractivity contribution is 6.50. The summed E-state index contributed by atoms with van der Waals surface area (Å²) in [5, 5.41) is 0.0660. The van der Waals surface area contributed by atoms with Crippen molar-refractivity contribution in [1.29, 1.82) is 0 Å². The summed E-state index contributed by atoms with van der Waals surface area (Å²) in [5.41, 5.74) is 0. The molecule has 0 aromatic heterocycles. The van der Waals surface area contributed by atoms with Crippen molar-refractivity contribution < 1.29 is 9.47 Å². The lowest BCUT2D eigenvalue weighted by atomic mass is 10.5. The minimum atomic E-state index is -0.00276. The van der Waals surface area contributed by atoms with E-state index < -0.39 is 0 Å². The van der Waals surface area contributed by atoms with Gasteiger partial charge in [0.25, 0.3) is 0 Å². The molecule has 0 aromatic rings. The van der Waals surface area contributed by atoms with E-state index in [4.69, 9.17) is 55.9 Å². The van der Waals surface area contributed by atoms with Gasteiger partial charge in [0, 0.05) is 0 Å². The molecular weight excluding hydrogens is 270 g/mol. The Bertz CT molecular complexity index is 222. The first-order valence-electron chi connectivity index (χ1n) is 3.91. The fourth-order valence-corrected chi connectivity index (χ4v) is 1.34. The lowest BCUT2D eigenvalue weighted by Crippen LogP contribution is -1.92.